The van der Waals surface area contributed by atoms with Gasteiger partial charge in [0.05, 0.1) is 17.8 Å². The molecule has 312 valence electrons. The van der Waals surface area contributed by atoms with Crippen LogP contribution in [-0.2, 0) is 44.0 Å². The first-order valence-corrected chi connectivity index (χ1v) is 20.9. The Morgan fingerprint density at radius 2 is 1.68 bits per heavy atom. The number of carbonyl (C=O) groups is 2. The number of carbonyl (C=O) groups excluding carboxylic acids is 2. The fourth-order valence-corrected chi connectivity index (χ4v) is 13.0. The average molecular weight is 795 g/mol. The van der Waals surface area contributed by atoms with E-state index in [1.807, 2.05) is 45.9 Å². The minimum Gasteiger partial charge on any atom is -0.458 e. The van der Waals surface area contributed by atoms with Crippen LogP contribution >= 0.6 is 0 Å². The summed E-state index contributed by atoms with van der Waals surface area (Å²) in [6.45, 7) is 10.6. The average Bonchev–Trinajstić information content (AvgIpc) is 3.72. The molecule has 0 aromatic heterocycles. The van der Waals surface area contributed by atoms with Crippen LogP contribution in [0.1, 0.15) is 79.2 Å². The van der Waals surface area contributed by atoms with Crippen molar-refractivity contribution in [1.82, 2.24) is 0 Å². The monoisotopic (exact) mass is 794 g/mol. The van der Waals surface area contributed by atoms with Gasteiger partial charge in [-0.3, -0.25) is 4.79 Å². The topological polar surface area (TPSA) is 194 Å². The standard InChI is InChI=1S/C44H58O13/c1-22(2)18-32(47)52-29-14-10-11-15-31(46)53-34-23(3)19-30-41(34,50)38(48)40(21-45)36(54-40)33-37-43(51,39(6,49)20-26-16-17-28(29)24(26)4)35-25(5)42(30,33)57-44(55-35,56-37)27-12-8-7-9-13-27/h7-15,22-26,28-30,33-38,45,48-51H,16-21H2,1-6H3/b14-10-,15-11+/t23-,24-,25+,26+,28-,29+,30+,33-,34-,35-,36-,37+,38+,39+,40-,41+,42-,43-,44+/m0/s1. The van der Waals surface area contributed by atoms with E-state index in [9.17, 15) is 35.1 Å². The Morgan fingerprint density at radius 3 is 2.39 bits per heavy atom. The van der Waals surface area contributed by atoms with Crippen molar-refractivity contribution < 1.29 is 63.5 Å². The SMILES string of the molecule is CC(C)CC(=O)O[C@@H]1/C=C\C=C\C(=O)O[C@H]2[C@@H](C)C[C@@H]3[C@]2(O)[C@H](O)[C@@]2(CO)O[C@H]2[C@H]2[C@H]4O[C@@]5(c6ccccc6)O[C@@H]([C@@H](C)[C@@]23O5)[C@@]4(O)[C@](C)(O)C[C@H]2CC[C@H]1[C@H]2C. The lowest BCUT2D eigenvalue weighted by Crippen LogP contribution is -2.89. The Morgan fingerprint density at radius 1 is 0.965 bits per heavy atom. The summed E-state index contributed by atoms with van der Waals surface area (Å²) in [5, 5.41) is 63.3. The summed E-state index contributed by atoms with van der Waals surface area (Å²) in [6.07, 6.45) is 1.15. The van der Waals surface area contributed by atoms with Crippen LogP contribution in [0.5, 0.6) is 0 Å². The minimum absolute atomic E-state index is 0.0620. The van der Waals surface area contributed by atoms with Gasteiger partial charge >= 0.3 is 17.9 Å². The largest absolute Gasteiger partial charge is 0.458 e. The maximum Gasteiger partial charge on any atom is 0.331 e. The predicted octanol–water partition coefficient (Wildman–Crippen LogP) is 3.04. The Bertz CT molecular complexity index is 1830. The molecule has 4 saturated carbocycles. The number of fused-ring (bicyclic) bond motifs is 3. The number of ether oxygens (including phenoxy) is 6. The summed E-state index contributed by atoms with van der Waals surface area (Å²) in [4.78, 5) is 26.7. The highest BCUT2D eigenvalue weighted by Gasteiger charge is 2.91. The number of esters is 2. The highest BCUT2D eigenvalue weighted by atomic mass is 16.9. The van der Waals surface area contributed by atoms with Crippen LogP contribution in [0.2, 0.25) is 0 Å². The molecule has 13 nitrogen and oxygen atoms in total. The van der Waals surface area contributed by atoms with Gasteiger partial charge < -0.3 is 54.0 Å². The van der Waals surface area contributed by atoms with Crippen LogP contribution in [0.4, 0.5) is 0 Å². The van der Waals surface area contributed by atoms with Gasteiger partial charge in [0.1, 0.15) is 53.4 Å². The zero-order valence-corrected chi connectivity index (χ0v) is 33.5. The number of epoxide rings is 1. The van der Waals surface area contributed by atoms with Crippen molar-refractivity contribution in [3.05, 3.63) is 60.2 Å². The van der Waals surface area contributed by atoms with E-state index in [0.717, 1.165) is 0 Å². The third-order valence-electron chi connectivity index (χ3n) is 15.8. The van der Waals surface area contributed by atoms with E-state index in [2.05, 4.69) is 6.92 Å². The van der Waals surface area contributed by atoms with Crippen molar-refractivity contribution in [2.75, 3.05) is 6.61 Å². The maximum absolute atomic E-state index is 13.7. The van der Waals surface area contributed by atoms with Crippen molar-refractivity contribution >= 4 is 11.9 Å². The highest BCUT2D eigenvalue weighted by molar-refractivity contribution is 5.82. The van der Waals surface area contributed by atoms with Crippen LogP contribution in [0.15, 0.2) is 54.6 Å². The zero-order valence-electron chi connectivity index (χ0n) is 33.5. The number of hydrogen-bond acceptors (Lipinski definition) is 13. The smallest absolute Gasteiger partial charge is 0.331 e. The van der Waals surface area contributed by atoms with Crippen LogP contribution in [0, 0.1) is 47.3 Å². The molecule has 4 saturated heterocycles. The summed E-state index contributed by atoms with van der Waals surface area (Å²) in [6, 6.07) is 9.04. The van der Waals surface area contributed by atoms with E-state index in [0.29, 0.717) is 18.4 Å². The normalized spacial score (nSPS) is 54.4. The first-order valence-electron chi connectivity index (χ1n) is 20.9. The Labute approximate surface area is 333 Å². The van der Waals surface area contributed by atoms with Crippen LogP contribution in [-0.4, -0.2) is 109 Å². The molecule has 9 aliphatic rings. The summed E-state index contributed by atoms with van der Waals surface area (Å²) >= 11 is 0. The van der Waals surface area contributed by atoms with Crippen molar-refractivity contribution in [2.24, 2.45) is 47.3 Å². The van der Waals surface area contributed by atoms with E-state index in [1.54, 1.807) is 31.2 Å². The molecule has 5 aliphatic heterocycles. The molecule has 19 atom stereocenters. The molecule has 1 spiro atoms. The first-order chi connectivity index (χ1) is 26.9. The Hall–Kier alpha value is -2.72. The molecule has 0 unspecified atom stereocenters. The second kappa shape index (κ2) is 13.1. The van der Waals surface area contributed by atoms with Crippen molar-refractivity contribution in [3.63, 3.8) is 0 Å². The molecule has 4 aliphatic carbocycles. The lowest BCUT2D eigenvalue weighted by molar-refractivity contribution is -0.595. The molecule has 5 heterocycles. The minimum atomic E-state index is -2.21. The third-order valence-corrected chi connectivity index (χ3v) is 15.8. The molecule has 13 heteroatoms. The highest BCUT2D eigenvalue weighted by Crippen LogP contribution is 2.75. The van der Waals surface area contributed by atoms with Gasteiger partial charge in [-0.25, -0.2) is 4.79 Å². The van der Waals surface area contributed by atoms with Gasteiger partial charge in [0.2, 0.25) is 0 Å². The summed E-state index contributed by atoms with van der Waals surface area (Å²) in [5.74, 6) is -6.33. The van der Waals surface area contributed by atoms with Gasteiger partial charge in [0.25, 0.3) is 0 Å². The molecule has 57 heavy (non-hydrogen) atoms. The molecule has 1 aromatic carbocycles. The van der Waals surface area contributed by atoms with E-state index < -0.39 is 107 Å². The molecule has 1 aromatic rings. The quantitative estimate of drug-likeness (QED) is 0.216. The van der Waals surface area contributed by atoms with Gasteiger partial charge in [-0.15, -0.1) is 0 Å². The second-order valence-corrected chi connectivity index (χ2v) is 19.3. The lowest BCUT2D eigenvalue weighted by Gasteiger charge is -2.74. The molecule has 8 fully saturated rings. The maximum atomic E-state index is 13.7. The fourth-order valence-electron chi connectivity index (χ4n) is 13.0. The van der Waals surface area contributed by atoms with Crippen molar-refractivity contribution in [3.8, 4) is 0 Å². The molecule has 10 rings (SSSR count). The molecule has 5 N–H and O–H groups in total. The molecule has 0 radical (unpaired) electrons. The third kappa shape index (κ3) is 5.26. The van der Waals surface area contributed by atoms with Gasteiger partial charge in [-0.1, -0.05) is 77.1 Å². The Kier molecular flexibility index (Phi) is 9.16. The molecular weight excluding hydrogens is 736 g/mol. The van der Waals surface area contributed by atoms with Gasteiger partial charge in [0.15, 0.2) is 0 Å². The van der Waals surface area contributed by atoms with E-state index in [4.69, 9.17) is 28.4 Å². The molecule has 0 amide bonds. The number of benzene rings is 1. The lowest BCUT2D eigenvalue weighted by atomic mass is 9.49. The molecular formula is C44H58O13. The number of hydrogen-bond donors (Lipinski definition) is 5. The number of aliphatic hydroxyl groups is 5. The summed E-state index contributed by atoms with van der Waals surface area (Å²) in [7, 11) is 0. The van der Waals surface area contributed by atoms with Crippen LogP contribution in [0.3, 0.4) is 0 Å². The fraction of sp³-hybridized carbons (Fsp3) is 0.727. The van der Waals surface area contributed by atoms with Gasteiger partial charge in [-0.05, 0) is 62.4 Å². The summed E-state index contributed by atoms with van der Waals surface area (Å²) in [5.41, 5.74) is -8.82. The summed E-state index contributed by atoms with van der Waals surface area (Å²) < 4.78 is 39.5. The number of aliphatic hydroxyl groups excluding tert-OH is 2. The number of allylic oxidation sites excluding steroid dienone is 2. The van der Waals surface area contributed by atoms with E-state index >= 15 is 0 Å². The van der Waals surface area contributed by atoms with Crippen LogP contribution in [0.25, 0.3) is 0 Å². The van der Waals surface area contributed by atoms with Crippen molar-refractivity contribution in [2.45, 2.75) is 144 Å². The van der Waals surface area contributed by atoms with E-state index in [-0.39, 0.29) is 48.9 Å². The molecule has 10 bridgehead atoms. The Balaban J connectivity index is 1.22. The predicted molar refractivity (Wildman–Crippen MR) is 200 cm³/mol. The zero-order chi connectivity index (χ0) is 40.7. The van der Waals surface area contributed by atoms with E-state index in [1.165, 1.54) is 12.2 Å². The second-order valence-electron chi connectivity index (χ2n) is 19.3. The van der Waals surface area contributed by atoms with Crippen molar-refractivity contribution in [1.29, 1.82) is 0 Å². The van der Waals surface area contributed by atoms with Crippen LogP contribution < -0.4 is 0 Å². The van der Waals surface area contributed by atoms with Gasteiger partial charge in [0, 0.05) is 41.7 Å². The number of rotatable bonds is 5. The van der Waals surface area contributed by atoms with Gasteiger partial charge in [-0.2, -0.15) is 0 Å². The first kappa shape index (κ1) is 39.7.